The molecule has 2 N–H and O–H groups in total. The number of hydrogen-bond donors (Lipinski definition) is 2. The third kappa shape index (κ3) is 5.82. The maximum absolute atomic E-state index is 11.9. The van der Waals surface area contributed by atoms with E-state index in [-0.39, 0.29) is 5.91 Å². The van der Waals surface area contributed by atoms with Gasteiger partial charge in [0.05, 0.1) is 0 Å². The molecular formula is C18H27N3OS. The van der Waals surface area contributed by atoms with Gasteiger partial charge in [-0.15, -0.1) is 0 Å². The Kier molecular flexibility index (Phi) is 6.84. The second kappa shape index (κ2) is 8.87. The Morgan fingerprint density at radius 2 is 1.61 bits per heavy atom. The molecule has 1 aromatic rings. The molecular weight excluding hydrogens is 306 g/mol. The van der Waals surface area contributed by atoms with Crippen LogP contribution in [0.5, 0.6) is 0 Å². The van der Waals surface area contributed by atoms with Crippen molar-refractivity contribution in [2.45, 2.75) is 51.0 Å². The van der Waals surface area contributed by atoms with Crippen LogP contribution in [0.3, 0.4) is 0 Å². The van der Waals surface area contributed by atoms with Gasteiger partial charge in [0.15, 0.2) is 5.11 Å². The molecule has 126 valence electrons. The van der Waals surface area contributed by atoms with E-state index in [2.05, 4.69) is 10.6 Å². The third-order valence-corrected chi connectivity index (χ3v) is 4.46. The van der Waals surface area contributed by atoms with Gasteiger partial charge in [0.2, 0.25) is 0 Å². The van der Waals surface area contributed by atoms with Gasteiger partial charge in [-0.25, -0.2) is 0 Å². The van der Waals surface area contributed by atoms with Gasteiger partial charge >= 0.3 is 0 Å². The Hall–Kier alpha value is -1.62. The quantitative estimate of drug-likeness (QED) is 0.826. The highest BCUT2D eigenvalue weighted by Crippen LogP contribution is 2.17. The van der Waals surface area contributed by atoms with E-state index in [9.17, 15) is 4.79 Å². The highest BCUT2D eigenvalue weighted by Gasteiger charge is 2.12. The first-order chi connectivity index (χ1) is 11.1. The topological polar surface area (TPSA) is 44.4 Å². The molecule has 0 saturated heterocycles. The number of anilines is 1. The molecule has 0 aromatic heterocycles. The lowest BCUT2D eigenvalue weighted by Gasteiger charge is -2.23. The molecule has 0 unspecified atom stereocenters. The lowest BCUT2D eigenvalue weighted by molar-refractivity contribution is 0.0827. The Labute approximate surface area is 144 Å². The molecule has 0 radical (unpaired) electrons. The zero-order chi connectivity index (χ0) is 16.7. The van der Waals surface area contributed by atoms with Gasteiger partial charge in [-0.1, -0.05) is 32.1 Å². The van der Waals surface area contributed by atoms with Gasteiger partial charge in [-0.2, -0.15) is 0 Å². The zero-order valence-corrected chi connectivity index (χ0v) is 14.9. The summed E-state index contributed by atoms with van der Waals surface area (Å²) in [6.45, 7) is 0. The number of nitrogens with one attached hydrogen (secondary N) is 2. The lowest BCUT2D eigenvalue weighted by Crippen LogP contribution is -2.38. The fraction of sp³-hybridized carbons (Fsp3) is 0.556. The van der Waals surface area contributed by atoms with E-state index in [4.69, 9.17) is 12.2 Å². The van der Waals surface area contributed by atoms with Crippen molar-refractivity contribution in [1.82, 2.24) is 10.2 Å². The van der Waals surface area contributed by atoms with Crippen LogP contribution in [0.1, 0.15) is 55.3 Å². The average molecular weight is 334 g/mol. The van der Waals surface area contributed by atoms with Crippen LogP contribution in [0.4, 0.5) is 5.69 Å². The van der Waals surface area contributed by atoms with Gasteiger partial charge in [-0.3, -0.25) is 4.79 Å². The summed E-state index contributed by atoms with van der Waals surface area (Å²) >= 11 is 5.42. The molecule has 1 aliphatic carbocycles. The smallest absolute Gasteiger partial charge is 0.253 e. The number of carbonyl (C=O) groups is 1. The zero-order valence-electron chi connectivity index (χ0n) is 14.1. The molecule has 0 heterocycles. The van der Waals surface area contributed by atoms with Crippen LogP contribution in [0.15, 0.2) is 24.3 Å². The summed E-state index contributed by atoms with van der Waals surface area (Å²) in [4.78, 5) is 13.4. The third-order valence-electron chi connectivity index (χ3n) is 4.24. The number of amides is 1. The summed E-state index contributed by atoms with van der Waals surface area (Å²) in [7, 11) is 3.51. The Morgan fingerprint density at radius 3 is 2.17 bits per heavy atom. The van der Waals surface area contributed by atoms with Gasteiger partial charge in [0.25, 0.3) is 5.91 Å². The fourth-order valence-electron chi connectivity index (χ4n) is 2.91. The fourth-order valence-corrected chi connectivity index (χ4v) is 3.19. The van der Waals surface area contributed by atoms with Crippen molar-refractivity contribution in [2.24, 2.45) is 0 Å². The number of rotatable bonds is 3. The Balaban J connectivity index is 1.85. The summed E-state index contributed by atoms with van der Waals surface area (Å²) in [5, 5.41) is 7.32. The standard InChI is InChI=1S/C18H27N3OS/c1-21(2)17(22)14-10-12-16(13-11-14)20-18(23)19-15-8-6-4-3-5-7-9-15/h10-13,15H,3-9H2,1-2H3,(H2,19,20,23). The summed E-state index contributed by atoms with van der Waals surface area (Å²) in [6, 6.07) is 7.91. The molecule has 0 atom stereocenters. The van der Waals surface area contributed by atoms with Crippen molar-refractivity contribution in [3.8, 4) is 0 Å². The predicted octanol–water partition coefficient (Wildman–Crippen LogP) is 3.79. The summed E-state index contributed by atoms with van der Waals surface area (Å²) in [5.41, 5.74) is 1.59. The maximum Gasteiger partial charge on any atom is 0.253 e. The van der Waals surface area contributed by atoms with Crippen molar-refractivity contribution in [2.75, 3.05) is 19.4 Å². The van der Waals surface area contributed by atoms with Crippen molar-refractivity contribution >= 4 is 28.9 Å². The minimum Gasteiger partial charge on any atom is -0.360 e. The number of carbonyl (C=O) groups excluding carboxylic acids is 1. The normalized spacial score (nSPS) is 16.1. The molecule has 1 aliphatic rings. The van der Waals surface area contributed by atoms with E-state index in [0.29, 0.717) is 16.7 Å². The molecule has 0 aliphatic heterocycles. The van der Waals surface area contributed by atoms with Crippen LogP contribution in [0, 0.1) is 0 Å². The maximum atomic E-state index is 11.9. The van der Waals surface area contributed by atoms with E-state index in [0.717, 1.165) is 5.69 Å². The molecule has 1 saturated carbocycles. The minimum absolute atomic E-state index is 0.00627. The van der Waals surface area contributed by atoms with Crippen LogP contribution < -0.4 is 10.6 Å². The van der Waals surface area contributed by atoms with Crippen LogP contribution in [0.25, 0.3) is 0 Å². The summed E-state index contributed by atoms with van der Waals surface area (Å²) in [5.74, 6) is 0.00627. The molecule has 4 nitrogen and oxygen atoms in total. The first-order valence-corrected chi connectivity index (χ1v) is 8.86. The van der Waals surface area contributed by atoms with E-state index in [1.54, 1.807) is 19.0 Å². The van der Waals surface area contributed by atoms with Crippen LogP contribution in [-0.2, 0) is 0 Å². The second-order valence-corrected chi connectivity index (χ2v) is 6.83. The van der Waals surface area contributed by atoms with Gasteiger partial charge in [0, 0.05) is 31.4 Å². The number of thiocarbonyl (C=S) groups is 1. The monoisotopic (exact) mass is 333 g/mol. The summed E-state index contributed by atoms with van der Waals surface area (Å²) < 4.78 is 0. The molecule has 0 bridgehead atoms. The molecule has 2 rings (SSSR count). The minimum atomic E-state index is 0.00627. The highest BCUT2D eigenvalue weighted by atomic mass is 32.1. The predicted molar refractivity (Wildman–Crippen MR) is 99.9 cm³/mol. The number of benzene rings is 1. The van der Waals surface area contributed by atoms with E-state index < -0.39 is 0 Å². The SMILES string of the molecule is CN(C)C(=O)c1ccc(NC(=S)NC2CCCCCCC2)cc1. The van der Waals surface area contributed by atoms with E-state index in [1.165, 1.54) is 44.9 Å². The van der Waals surface area contributed by atoms with E-state index >= 15 is 0 Å². The van der Waals surface area contributed by atoms with Crippen molar-refractivity contribution in [3.05, 3.63) is 29.8 Å². The van der Waals surface area contributed by atoms with Crippen LogP contribution >= 0.6 is 12.2 Å². The number of nitrogens with zero attached hydrogens (tertiary/aromatic N) is 1. The lowest BCUT2D eigenvalue weighted by atomic mass is 9.97. The van der Waals surface area contributed by atoms with Crippen molar-refractivity contribution in [1.29, 1.82) is 0 Å². The van der Waals surface area contributed by atoms with Crippen LogP contribution in [0.2, 0.25) is 0 Å². The van der Waals surface area contributed by atoms with Gasteiger partial charge in [-0.05, 0) is 49.3 Å². The Bertz CT molecular complexity index is 520. The van der Waals surface area contributed by atoms with Crippen molar-refractivity contribution in [3.63, 3.8) is 0 Å². The highest BCUT2D eigenvalue weighted by molar-refractivity contribution is 7.80. The van der Waals surface area contributed by atoms with Crippen molar-refractivity contribution < 1.29 is 4.79 Å². The van der Waals surface area contributed by atoms with Gasteiger partial charge < -0.3 is 15.5 Å². The molecule has 1 aromatic carbocycles. The van der Waals surface area contributed by atoms with Gasteiger partial charge in [0.1, 0.15) is 0 Å². The van der Waals surface area contributed by atoms with E-state index in [1.807, 2.05) is 24.3 Å². The molecule has 1 amide bonds. The first-order valence-electron chi connectivity index (χ1n) is 8.45. The molecule has 5 heteroatoms. The molecule has 1 fully saturated rings. The second-order valence-electron chi connectivity index (χ2n) is 6.42. The average Bonchev–Trinajstić information content (AvgIpc) is 2.50. The first kappa shape index (κ1) is 17.7. The number of hydrogen-bond acceptors (Lipinski definition) is 2. The summed E-state index contributed by atoms with van der Waals surface area (Å²) in [6.07, 6.45) is 8.98. The van der Waals surface area contributed by atoms with Crippen LogP contribution in [-0.4, -0.2) is 36.1 Å². The Morgan fingerprint density at radius 1 is 1.04 bits per heavy atom. The largest absolute Gasteiger partial charge is 0.360 e. The molecule has 23 heavy (non-hydrogen) atoms. The molecule has 0 spiro atoms.